The number of hydrogen-bond donors (Lipinski definition) is 0. The Morgan fingerprint density at radius 3 is 1.35 bits per heavy atom. The minimum absolute atomic E-state index is 0.601. The summed E-state index contributed by atoms with van der Waals surface area (Å²) in [5.74, 6) is 0. The molecule has 0 saturated carbocycles. The second kappa shape index (κ2) is 14.1. The fraction of sp³-hybridized carbons (Fsp3) is 1.00. The molecule has 122 valence electrons. The molecule has 0 aromatic rings. The second-order valence-corrected chi connectivity index (χ2v) is 7.19. The molecule has 20 heavy (non-hydrogen) atoms. The van der Waals surface area contributed by atoms with E-state index >= 15 is 0 Å². The highest BCUT2D eigenvalue weighted by atomic mass is 28.2. The zero-order chi connectivity index (χ0) is 15.1. The third-order valence-corrected chi connectivity index (χ3v) is 5.18. The highest BCUT2D eigenvalue weighted by Gasteiger charge is 2.28. The zero-order valence-corrected chi connectivity index (χ0v) is 16.8. The van der Waals surface area contributed by atoms with Crippen LogP contribution in [0.25, 0.3) is 0 Å². The van der Waals surface area contributed by atoms with Crippen LogP contribution in [0, 0.1) is 5.41 Å². The highest BCUT2D eigenvalue weighted by Crippen LogP contribution is 2.40. The van der Waals surface area contributed by atoms with Crippen molar-refractivity contribution in [2.45, 2.75) is 104 Å². The van der Waals surface area contributed by atoms with Crippen molar-refractivity contribution in [3.63, 3.8) is 0 Å². The fourth-order valence-corrected chi connectivity index (χ4v) is 3.52. The van der Waals surface area contributed by atoms with Crippen LogP contribution < -0.4 is 0 Å². The highest BCUT2D eigenvalue weighted by molar-refractivity contribution is 5.97. The van der Waals surface area contributed by atoms with E-state index in [1.54, 1.807) is 0 Å². The van der Waals surface area contributed by atoms with Crippen molar-refractivity contribution >= 4 is 10.5 Å². The predicted octanol–water partition coefficient (Wildman–Crippen LogP) is 5.40. The molecule has 0 saturated heterocycles. The van der Waals surface area contributed by atoms with Gasteiger partial charge in [0, 0.05) is 6.61 Å². The number of hydrogen-bond acceptors (Lipinski definition) is 1. The summed E-state index contributed by atoms with van der Waals surface area (Å²) in [6.07, 6.45) is 18.2. The summed E-state index contributed by atoms with van der Waals surface area (Å²) >= 11 is 0. The molecule has 0 aromatic carbocycles. The van der Waals surface area contributed by atoms with Crippen LogP contribution in [0.1, 0.15) is 104 Å². The first-order chi connectivity index (χ1) is 9.74. The van der Waals surface area contributed by atoms with Gasteiger partial charge in [0.05, 0.1) is 0 Å². The topological polar surface area (TPSA) is 9.23 Å². The molecule has 0 aromatic heterocycles. The van der Waals surface area contributed by atoms with Crippen molar-refractivity contribution in [1.82, 2.24) is 0 Å². The van der Waals surface area contributed by atoms with E-state index in [1.807, 2.05) is 0 Å². The molecule has 0 heterocycles. The van der Waals surface area contributed by atoms with Crippen LogP contribution in [0.2, 0.25) is 0 Å². The Morgan fingerprint density at radius 1 is 0.650 bits per heavy atom. The lowest BCUT2D eigenvalue weighted by atomic mass is 9.72. The van der Waals surface area contributed by atoms with Gasteiger partial charge in [-0.3, -0.25) is 0 Å². The maximum Gasteiger partial charge on any atom is 0.145 e. The van der Waals surface area contributed by atoms with Crippen LogP contribution in [-0.4, -0.2) is 17.1 Å². The van der Waals surface area contributed by atoms with Crippen molar-refractivity contribution in [2.75, 3.05) is 6.61 Å². The Balaban J connectivity index is 4.48. The van der Waals surface area contributed by atoms with Gasteiger partial charge in [-0.25, -0.2) is 0 Å². The van der Waals surface area contributed by atoms with Gasteiger partial charge in [0.15, 0.2) is 0 Å². The molecule has 0 unspecified atom stereocenters. The molecule has 0 amide bonds. The average molecular weight is 301 g/mol. The van der Waals surface area contributed by atoms with Crippen LogP contribution in [0.4, 0.5) is 0 Å². The largest absolute Gasteiger partial charge is 0.428 e. The van der Waals surface area contributed by atoms with Gasteiger partial charge in [0.2, 0.25) is 0 Å². The molecule has 0 N–H and O–H groups in total. The Morgan fingerprint density at radius 2 is 1.05 bits per heavy atom. The Hall–Kier alpha value is 0.177. The van der Waals surface area contributed by atoms with Gasteiger partial charge < -0.3 is 4.43 Å². The Bertz CT molecular complexity index is 167. The number of rotatable bonds is 15. The van der Waals surface area contributed by atoms with Gasteiger partial charge in [0.1, 0.15) is 10.5 Å². The SMILES string of the molecule is CCCCCC(CCCCC)(CCCCC)CCO[SiH3]. The molecule has 0 spiro atoms. The van der Waals surface area contributed by atoms with Gasteiger partial charge in [-0.1, -0.05) is 78.6 Å². The molecule has 0 atom stereocenters. The molecule has 0 aliphatic heterocycles. The van der Waals surface area contributed by atoms with Crippen molar-refractivity contribution in [1.29, 1.82) is 0 Å². The number of unbranched alkanes of at least 4 members (excludes halogenated alkanes) is 6. The minimum Gasteiger partial charge on any atom is -0.428 e. The Kier molecular flexibility index (Phi) is 14.3. The summed E-state index contributed by atoms with van der Waals surface area (Å²) in [5, 5.41) is 0. The van der Waals surface area contributed by atoms with E-state index in [0.717, 1.165) is 17.1 Å². The average Bonchev–Trinajstić information content (AvgIpc) is 2.46. The van der Waals surface area contributed by atoms with E-state index in [-0.39, 0.29) is 0 Å². The molecule has 2 heteroatoms. The van der Waals surface area contributed by atoms with Crippen LogP contribution >= 0.6 is 0 Å². The first-order valence-corrected chi connectivity index (χ1v) is 10.0. The van der Waals surface area contributed by atoms with Crippen molar-refractivity contribution in [3.05, 3.63) is 0 Å². The van der Waals surface area contributed by atoms with Crippen LogP contribution in [0.3, 0.4) is 0 Å². The molecule has 0 aliphatic rings. The predicted molar refractivity (Wildman–Crippen MR) is 95.4 cm³/mol. The van der Waals surface area contributed by atoms with Crippen molar-refractivity contribution in [2.24, 2.45) is 5.41 Å². The van der Waals surface area contributed by atoms with Crippen molar-refractivity contribution < 1.29 is 4.43 Å². The molecule has 0 fully saturated rings. The summed E-state index contributed by atoms with van der Waals surface area (Å²) in [4.78, 5) is 0. The lowest BCUT2D eigenvalue weighted by molar-refractivity contribution is 0.146. The maximum atomic E-state index is 5.56. The van der Waals surface area contributed by atoms with E-state index in [9.17, 15) is 0 Å². The molecule has 0 radical (unpaired) electrons. The quantitative estimate of drug-likeness (QED) is 0.290. The lowest BCUT2D eigenvalue weighted by Crippen LogP contribution is -2.23. The van der Waals surface area contributed by atoms with Crippen molar-refractivity contribution in [3.8, 4) is 0 Å². The molecule has 1 nitrogen and oxygen atoms in total. The first kappa shape index (κ1) is 20.2. The van der Waals surface area contributed by atoms with Gasteiger partial charge >= 0.3 is 0 Å². The summed E-state index contributed by atoms with van der Waals surface area (Å²) in [5.41, 5.74) is 0.601. The first-order valence-electron chi connectivity index (χ1n) is 9.23. The smallest absolute Gasteiger partial charge is 0.145 e. The van der Waals surface area contributed by atoms with Crippen LogP contribution in [0.5, 0.6) is 0 Å². The fourth-order valence-electron chi connectivity index (χ4n) is 3.32. The minimum atomic E-state index is 0.601. The zero-order valence-electron chi connectivity index (χ0n) is 14.8. The standard InChI is InChI=1S/C18H40OSi/c1-4-7-10-13-18(16-17-19-20,14-11-8-5-2)15-12-9-6-3/h4-17H2,1-3,20H3. The molecular weight excluding hydrogens is 260 g/mol. The molecular formula is C18H40OSi. The van der Waals surface area contributed by atoms with Gasteiger partial charge in [0.25, 0.3) is 0 Å². The summed E-state index contributed by atoms with van der Waals surface area (Å²) in [6.45, 7) is 7.96. The third-order valence-electron chi connectivity index (χ3n) is 4.77. The summed E-state index contributed by atoms with van der Waals surface area (Å²) in [6, 6.07) is 0. The maximum absolute atomic E-state index is 5.56. The molecule has 0 rings (SSSR count). The monoisotopic (exact) mass is 300 g/mol. The normalized spacial score (nSPS) is 12.2. The van der Waals surface area contributed by atoms with Gasteiger partial charge in [-0.2, -0.15) is 0 Å². The van der Waals surface area contributed by atoms with E-state index in [1.165, 1.54) is 83.5 Å². The Labute approximate surface area is 131 Å². The van der Waals surface area contributed by atoms with Crippen LogP contribution in [0.15, 0.2) is 0 Å². The molecule has 0 aliphatic carbocycles. The van der Waals surface area contributed by atoms with Crippen LogP contribution in [-0.2, 0) is 4.43 Å². The van der Waals surface area contributed by atoms with E-state index in [0.29, 0.717) is 5.41 Å². The third kappa shape index (κ3) is 9.98. The van der Waals surface area contributed by atoms with E-state index in [4.69, 9.17) is 4.43 Å². The summed E-state index contributed by atoms with van der Waals surface area (Å²) < 4.78 is 5.56. The molecule has 0 bridgehead atoms. The summed E-state index contributed by atoms with van der Waals surface area (Å²) in [7, 11) is 0.899. The second-order valence-electron chi connectivity index (χ2n) is 6.61. The van der Waals surface area contributed by atoms with E-state index in [2.05, 4.69) is 20.8 Å². The van der Waals surface area contributed by atoms with E-state index < -0.39 is 0 Å². The van der Waals surface area contributed by atoms with Gasteiger partial charge in [-0.05, 0) is 31.1 Å². The lowest BCUT2D eigenvalue weighted by Gasteiger charge is -2.35. The van der Waals surface area contributed by atoms with Gasteiger partial charge in [-0.15, -0.1) is 0 Å².